The topological polar surface area (TPSA) is 72.0 Å². The lowest BCUT2D eigenvalue weighted by Gasteiger charge is -2.04. The van der Waals surface area contributed by atoms with Crippen molar-refractivity contribution in [2.45, 2.75) is 11.8 Å². The molecule has 1 heterocycles. The maximum Gasteiger partial charge on any atom is 0.240 e. The molecule has 0 atom stereocenters. The van der Waals surface area contributed by atoms with Crippen molar-refractivity contribution in [3.05, 3.63) is 30.6 Å². The quantitative estimate of drug-likeness (QED) is 0.862. The molecule has 0 spiro atoms. The van der Waals surface area contributed by atoms with E-state index in [0.29, 0.717) is 17.6 Å². The van der Waals surface area contributed by atoms with Gasteiger partial charge in [-0.25, -0.2) is 13.1 Å². The highest BCUT2D eigenvalue weighted by molar-refractivity contribution is 7.89. The normalized spacial score (nSPS) is 11.8. The highest BCUT2D eigenvalue weighted by atomic mass is 32.2. The van der Waals surface area contributed by atoms with Gasteiger partial charge in [-0.05, 0) is 18.2 Å². The van der Waals surface area contributed by atoms with Gasteiger partial charge in [-0.3, -0.25) is 9.97 Å². The van der Waals surface area contributed by atoms with Crippen LogP contribution >= 0.6 is 0 Å². The second kappa shape index (κ2) is 4.15. The smallest absolute Gasteiger partial charge is 0.240 e. The van der Waals surface area contributed by atoms with Gasteiger partial charge in [0.25, 0.3) is 0 Å². The number of nitrogens with zero attached hydrogens (tertiary/aromatic N) is 2. The van der Waals surface area contributed by atoms with Crippen LogP contribution in [0.15, 0.2) is 35.5 Å². The number of nitrogens with one attached hydrogen (secondary N) is 1. The lowest BCUT2D eigenvalue weighted by Crippen LogP contribution is -2.23. The third kappa shape index (κ3) is 2.02. The number of hydrogen-bond donors (Lipinski definition) is 1. The van der Waals surface area contributed by atoms with Crippen LogP contribution in [0.2, 0.25) is 0 Å². The maximum atomic E-state index is 11.7. The van der Waals surface area contributed by atoms with Gasteiger partial charge in [-0.1, -0.05) is 6.92 Å². The second-order valence-electron chi connectivity index (χ2n) is 3.21. The minimum Gasteiger partial charge on any atom is -0.253 e. The molecule has 0 bridgehead atoms. The summed E-state index contributed by atoms with van der Waals surface area (Å²) in [5.41, 5.74) is 1.25. The first-order chi connectivity index (χ1) is 7.63. The zero-order chi connectivity index (χ0) is 11.6. The lowest BCUT2D eigenvalue weighted by molar-refractivity contribution is 0.584. The number of aromatic nitrogens is 2. The molecule has 16 heavy (non-hydrogen) atoms. The molecule has 0 amide bonds. The van der Waals surface area contributed by atoms with E-state index in [1.165, 1.54) is 18.3 Å². The molecule has 1 N–H and O–H groups in total. The molecule has 0 aliphatic carbocycles. The van der Waals surface area contributed by atoms with Crippen LogP contribution in [-0.2, 0) is 10.0 Å². The molecule has 0 unspecified atom stereocenters. The molecule has 0 fully saturated rings. The summed E-state index contributed by atoms with van der Waals surface area (Å²) < 4.78 is 25.9. The van der Waals surface area contributed by atoms with Crippen molar-refractivity contribution in [2.75, 3.05) is 6.54 Å². The molecule has 0 radical (unpaired) electrons. The van der Waals surface area contributed by atoms with E-state index in [0.717, 1.165) is 0 Å². The van der Waals surface area contributed by atoms with E-state index < -0.39 is 10.0 Å². The second-order valence-corrected chi connectivity index (χ2v) is 4.98. The van der Waals surface area contributed by atoms with Crippen LogP contribution in [0, 0.1) is 0 Å². The zero-order valence-electron chi connectivity index (χ0n) is 8.71. The molecule has 1 aromatic heterocycles. The summed E-state index contributed by atoms with van der Waals surface area (Å²) >= 11 is 0. The van der Waals surface area contributed by atoms with E-state index in [9.17, 15) is 8.42 Å². The number of fused-ring (bicyclic) bond motifs is 1. The summed E-state index contributed by atoms with van der Waals surface area (Å²) in [4.78, 5) is 8.34. The summed E-state index contributed by atoms with van der Waals surface area (Å²) in [6.45, 7) is 2.10. The minimum atomic E-state index is -3.42. The Morgan fingerprint density at radius 1 is 1.19 bits per heavy atom. The van der Waals surface area contributed by atoms with Gasteiger partial charge < -0.3 is 0 Å². The molecule has 5 nitrogen and oxygen atoms in total. The van der Waals surface area contributed by atoms with Gasteiger partial charge in [0.2, 0.25) is 10.0 Å². The molecule has 2 rings (SSSR count). The average Bonchev–Trinajstić information content (AvgIpc) is 2.28. The molecule has 2 aromatic rings. The molecule has 1 aromatic carbocycles. The number of hydrogen-bond acceptors (Lipinski definition) is 4. The van der Waals surface area contributed by atoms with Crippen LogP contribution < -0.4 is 4.72 Å². The Labute approximate surface area is 93.6 Å². The Morgan fingerprint density at radius 3 is 2.56 bits per heavy atom. The fourth-order valence-corrected chi connectivity index (χ4v) is 2.44. The molecule has 84 valence electrons. The first-order valence-electron chi connectivity index (χ1n) is 4.84. The number of sulfonamides is 1. The van der Waals surface area contributed by atoms with Crippen LogP contribution in [0.1, 0.15) is 6.92 Å². The summed E-state index contributed by atoms with van der Waals surface area (Å²) in [7, 11) is -3.42. The molecule has 0 saturated heterocycles. The Kier molecular flexibility index (Phi) is 2.84. The Morgan fingerprint density at radius 2 is 1.88 bits per heavy atom. The molecular weight excluding hydrogens is 226 g/mol. The molecule has 0 aliphatic rings. The van der Waals surface area contributed by atoms with Crippen molar-refractivity contribution < 1.29 is 8.42 Å². The van der Waals surface area contributed by atoms with Crippen molar-refractivity contribution in [3.8, 4) is 0 Å². The van der Waals surface area contributed by atoms with Gasteiger partial charge in [0.1, 0.15) is 0 Å². The van der Waals surface area contributed by atoms with Gasteiger partial charge in [-0.15, -0.1) is 0 Å². The third-order valence-electron chi connectivity index (χ3n) is 2.09. The summed E-state index contributed by atoms with van der Waals surface area (Å²) in [5.74, 6) is 0. The van der Waals surface area contributed by atoms with Crippen molar-refractivity contribution in [1.29, 1.82) is 0 Å². The predicted molar refractivity (Wildman–Crippen MR) is 60.4 cm³/mol. The first kappa shape index (κ1) is 11.0. The summed E-state index contributed by atoms with van der Waals surface area (Å²) in [5, 5.41) is 0. The van der Waals surface area contributed by atoms with Crippen LogP contribution in [0.4, 0.5) is 0 Å². The van der Waals surface area contributed by atoms with E-state index in [1.54, 1.807) is 19.2 Å². The molecular formula is C10H11N3O2S. The van der Waals surface area contributed by atoms with Crippen molar-refractivity contribution in [3.63, 3.8) is 0 Å². The monoisotopic (exact) mass is 237 g/mol. The number of rotatable bonds is 3. The fraction of sp³-hybridized carbons (Fsp3) is 0.200. The van der Waals surface area contributed by atoms with Crippen LogP contribution in [-0.4, -0.2) is 24.9 Å². The largest absolute Gasteiger partial charge is 0.253 e. The SMILES string of the molecule is CCNS(=O)(=O)c1ccc2nccnc2c1. The molecule has 0 aliphatic heterocycles. The summed E-state index contributed by atoms with van der Waals surface area (Å²) in [6, 6.07) is 4.68. The highest BCUT2D eigenvalue weighted by Gasteiger charge is 2.12. The van der Waals surface area contributed by atoms with E-state index in [2.05, 4.69) is 14.7 Å². The zero-order valence-corrected chi connectivity index (χ0v) is 9.53. The Bertz CT molecular complexity index is 610. The van der Waals surface area contributed by atoms with Crippen LogP contribution in [0.25, 0.3) is 11.0 Å². The van der Waals surface area contributed by atoms with E-state index >= 15 is 0 Å². The van der Waals surface area contributed by atoms with Crippen molar-refractivity contribution in [1.82, 2.24) is 14.7 Å². The highest BCUT2D eigenvalue weighted by Crippen LogP contribution is 2.14. The average molecular weight is 237 g/mol. The van der Waals surface area contributed by atoms with Gasteiger partial charge >= 0.3 is 0 Å². The summed E-state index contributed by atoms with van der Waals surface area (Å²) in [6.07, 6.45) is 3.10. The lowest BCUT2D eigenvalue weighted by atomic mass is 10.3. The van der Waals surface area contributed by atoms with Gasteiger partial charge in [0, 0.05) is 18.9 Å². The molecule has 0 saturated carbocycles. The fourth-order valence-electron chi connectivity index (χ4n) is 1.38. The van der Waals surface area contributed by atoms with E-state index in [1.807, 2.05) is 0 Å². The van der Waals surface area contributed by atoms with Crippen LogP contribution in [0.3, 0.4) is 0 Å². The van der Waals surface area contributed by atoms with Crippen molar-refractivity contribution >= 4 is 21.1 Å². The van der Waals surface area contributed by atoms with Gasteiger partial charge in [0.15, 0.2) is 0 Å². The van der Waals surface area contributed by atoms with E-state index in [-0.39, 0.29) is 4.90 Å². The first-order valence-corrected chi connectivity index (χ1v) is 6.32. The third-order valence-corrected chi connectivity index (χ3v) is 3.63. The Hall–Kier alpha value is -1.53. The predicted octanol–water partition coefficient (Wildman–Crippen LogP) is 0.928. The Balaban J connectivity index is 2.55. The van der Waals surface area contributed by atoms with E-state index in [4.69, 9.17) is 0 Å². The van der Waals surface area contributed by atoms with Gasteiger partial charge in [0.05, 0.1) is 15.9 Å². The van der Waals surface area contributed by atoms with Gasteiger partial charge in [-0.2, -0.15) is 0 Å². The van der Waals surface area contributed by atoms with Crippen molar-refractivity contribution in [2.24, 2.45) is 0 Å². The van der Waals surface area contributed by atoms with Crippen LogP contribution in [0.5, 0.6) is 0 Å². The molecule has 6 heteroatoms. The standard InChI is InChI=1S/C10H11N3O2S/c1-2-13-16(14,15)8-3-4-9-10(7-8)12-6-5-11-9/h3-7,13H,2H2,1H3. The maximum absolute atomic E-state index is 11.7. The number of benzene rings is 1. The minimum absolute atomic E-state index is 0.211.